The average molecular weight is 441 g/mol. The number of hydrogen-bond donors (Lipinski definition) is 0. The number of hydrogen-bond acceptors (Lipinski definition) is 5. The monoisotopic (exact) mass is 441 g/mol. The van der Waals surface area contributed by atoms with Crippen LogP contribution in [0, 0.1) is 0 Å². The summed E-state index contributed by atoms with van der Waals surface area (Å²) in [6, 6.07) is 22.8. The van der Waals surface area contributed by atoms with E-state index in [2.05, 4.69) is 16.7 Å². The number of para-hydroxylation sites is 1. The minimum absolute atomic E-state index is 0.282. The summed E-state index contributed by atoms with van der Waals surface area (Å²) in [6.07, 6.45) is 4.92. The van der Waals surface area contributed by atoms with E-state index in [0.29, 0.717) is 23.6 Å². The van der Waals surface area contributed by atoms with Gasteiger partial charge in [-0.15, -0.1) is 0 Å². The van der Waals surface area contributed by atoms with Crippen molar-refractivity contribution >= 4 is 28.9 Å². The van der Waals surface area contributed by atoms with Gasteiger partial charge < -0.3 is 18.8 Å². The molecule has 0 spiro atoms. The summed E-state index contributed by atoms with van der Waals surface area (Å²) < 4.78 is 18.1. The van der Waals surface area contributed by atoms with E-state index in [0.717, 1.165) is 16.5 Å². The van der Waals surface area contributed by atoms with Gasteiger partial charge in [0.2, 0.25) is 0 Å². The third kappa shape index (κ3) is 5.30. The Morgan fingerprint density at radius 3 is 2.45 bits per heavy atom. The molecule has 0 radical (unpaired) electrons. The van der Waals surface area contributed by atoms with Gasteiger partial charge in [0.05, 0.1) is 12.6 Å². The SMILES string of the molecule is COc1ccc(C=CC(=O)Oc2cccc3ccn(Cc4ccccc4)c23)cc1OC(C)=O. The van der Waals surface area contributed by atoms with Gasteiger partial charge in [0.1, 0.15) is 0 Å². The highest BCUT2D eigenvalue weighted by Crippen LogP contribution is 2.30. The van der Waals surface area contributed by atoms with Crippen molar-refractivity contribution in [1.29, 1.82) is 0 Å². The van der Waals surface area contributed by atoms with Crippen LogP contribution in [0.15, 0.2) is 85.1 Å². The topological polar surface area (TPSA) is 66.8 Å². The Morgan fingerprint density at radius 2 is 1.70 bits per heavy atom. The molecule has 33 heavy (non-hydrogen) atoms. The van der Waals surface area contributed by atoms with Crippen LogP contribution in [-0.4, -0.2) is 23.6 Å². The first-order valence-corrected chi connectivity index (χ1v) is 10.4. The molecule has 0 saturated carbocycles. The molecule has 0 N–H and O–H groups in total. The van der Waals surface area contributed by atoms with Gasteiger partial charge in [-0.3, -0.25) is 4.79 Å². The molecule has 0 amide bonds. The summed E-state index contributed by atoms with van der Waals surface area (Å²) in [4.78, 5) is 23.9. The maximum Gasteiger partial charge on any atom is 0.336 e. The Balaban J connectivity index is 1.54. The number of carbonyl (C=O) groups is 2. The molecule has 4 aromatic rings. The fraction of sp³-hybridized carbons (Fsp3) is 0.111. The lowest BCUT2D eigenvalue weighted by Crippen LogP contribution is -2.06. The van der Waals surface area contributed by atoms with E-state index in [4.69, 9.17) is 14.2 Å². The third-order valence-electron chi connectivity index (χ3n) is 5.01. The van der Waals surface area contributed by atoms with E-state index in [1.165, 1.54) is 20.1 Å². The van der Waals surface area contributed by atoms with Crippen molar-refractivity contribution in [2.75, 3.05) is 7.11 Å². The normalized spacial score (nSPS) is 11.0. The van der Waals surface area contributed by atoms with Crippen molar-refractivity contribution in [3.05, 3.63) is 96.2 Å². The molecule has 0 fully saturated rings. The van der Waals surface area contributed by atoms with Crippen molar-refractivity contribution in [3.8, 4) is 17.2 Å². The summed E-state index contributed by atoms with van der Waals surface area (Å²) in [5.74, 6) is 0.221. The molecule has 4 rings (SSSR count). The van der Waals surface area contributed by atoms with Gasteiger partial charge in [-0.25, -0.2) is 4.79 Å². The molecule has 6 nitrogen and oxygen atoms in total. The summed E-state index contributed by atoms with van der Waals surface area (Å²) in [7, 11) is 1.49. The number of aromatic nitrogens is 1. The van der Waals surface area contributed by atoms with E-state index < -0.39 is 11.9 Å². The first-order valence-electron chi connectivity index (χ1n) is 10.4. The van der Waals surface area contributed by atoms with E-state index in [9.17, 15) is 9.59 Å². The van der Waals surface area contributed by atoms with Crippen LogP contribution in [0.2, 0.25) is 0 Å². The lowest BCUT2D eigenvalue weighted by molar-refractivity contribution is -0.132. The highest BCUT2D eigenvalue weighted by Gasteiger charge is 2.11. The van der Waals surface area contributed by atoms with Gasteiger partial charge in [-0.1, -0.05) is 48.5 Å². The largest absolute Gasteiger partial charge is 0.493 e. The Kier molecular flexibility index (Phi) is 6.55. The Labute approximate surface area is 191 Å². The number of ether oxygens (including phenoxy) is 3. The molecule has 6 heteroatoms. The standard InChI is InChI=1S/C27H23NO5/c1-19(29)32-25-17-20(11-13-23(25)31-2)12-14-26(30)33-24-10-6-9-22-15-16-28(27(22)24)18-21-7-4-3-5-8-21/h3-17H,18H2,1-2H3. The van der Waals surface area contributed by atoms with E-state index in [1.54, 1.807) is 30.3 Å². The molecule has 1 heterocycles. The molecule has 0 atom stereocenters. The second-order valence-corrected chi connectivity index (χ2v) is 7.38. The zero-order valence-corrected chi connectivity index (χ0v) is 18.4. The second-order valence-electron chi connectivity index (χ2n) is 7.38. The minimum atomic E-state index is -0.514. The first kappa shape index (κ1) is 21.9. The lowest BCUT2D eigenvalue weighted by atomic mass is 10.2. The van der Waals surface area contributed by atoms with Crippen LogP contribution < -0.4 is 14.2 Å². The number of fused-ring (bicyclic) bond motifs is 1. The first-order chi connectivity index (χ1) is 16.0. The van der Waals surface area contributed by atoms with Crippen molar-refractivity contribution in [2.24, 2.45) is 0 Å². The van der Waals surface area contributed by atoms with Gasteiger partial charge in [0.15, 0.2) is 17.2 Å². The smallest absolute Gasteiger partial charge is 0.336 e. The highest BCUT2D eigenvalue weighted by molar-refractivity contribution is 5.93. The molecule has 0 saturated heterocycles. The summed E-state index contributed by atoms with van der Waals surface area (Å²) in [5, 5.41) is 0.987. The summed E-state index contributed by atoms with van der Waals surface area (Å²) >= 11 is 0. The summed E-state index contributed by atoms with van der Waals surface area (Å²) in [6.45, 7) is 1.98. The zero-order valence-electron chi connectivity index (χ0n) is 18.4. The van der Waals surface area contributed by atoms with Crippen molar-refractivity contribution in [3.63, 3.8) is 0 Å². The second kappa shape index (κ2) is 9.87. The van der Waals surface area contributed by atoms with Crippen LogP contribution in [0.3, 0.4) is 0 Å². The number of methoxy groups -OCH3 is 1. The van der Waals surface area contributed by atoms with Gasteiger partial charge in [0, 0.05) is 31.1 Å². The van der Waals surface area contributed by atoms with Crippen LogP contribution in [0.5, 0.6) is 17.2 Å². The predicted octanol–water partition coefficient (Wildman–Crippen LogP) is 5.24. The predicted molar refractivity (Wildman–Crippen MR) is 126 cm³/mol. The number of carbonyl (C=O) groups excluding carboxylic acids is 2. The van der Waals surface area contributed by atoms with Crippen LogP contribution in [0.25, 0.3) is 17.0 Å². The Hall–Kier alpha value is -4.32. The van der Waals surface area contributed by atoms with Crippen LogP contribution in [-0.2, 0) is 16.1 Å². The number of esters is 2. The van der Waals surface area contributed by atoms with E-state index in [1.807, 2.05) is 42.6 Å². The maximum absolute atomic E-state index is 12.6. The number of nitrogens with zero attached hydrogens (tertiary/aromatic N) is 1. The molecule has 0 aliphatic carbocycles. The van der Waals surface area contributed by atoms with Crippen molar-refractivity contribution < 1.29 is 23.8 Å². The molecule has 1 aromatic heterocycles. The number of benzene rings is 3. The highest BCUT2D eigenvalue weighted by atomic mass is 16.6. The molecular formula is C27H23NO5. The van der Waals surface area contributed by atoms with Gasteiger partial charge >= 0.3 is 11.9 Å². The third-order valence-corrected chi connectivity index (χ3v) is 5.01. The van der Waals surface area contributed by atoms with E-state index >= 15 is 0 Å². The fourth-order valence-corrected chi connectivity index (χ4v) is 3.56. The Bertz CT molecular complexity index is 1320. The lowest BCUT2D eigenvalue weighted by Gasteiger charge is -2.10. The minimum Gasteiger partial charge on any atom is -0.493 e. The van der Waals surface area contributed by atoms with Crippen molar-refractivity contribution in [2.45, 2.75) is 13.5 Å². The molecule has 0 aliphatic heterocycles. The van der Waals surface area contributed by atoms with Crippen molar-refractivity contribution in [1.82, 2.24) is 4.57 Å². The maximum atomic E-state index is 12.6. The fourth-order valence-electron chi connectivity index (χ4n) is 3.56. The summed E-state index contributed by atoms with van der Waals surface area (Å²) in [5.41, 5.74) is 2.67. The van der Waals surface area contributed by atoms with Crippen LogP contribution in [0.4, 0.5) is 0 Å². The zero-order chi connectivity index (χ0) is 23.2. The van der Waals surface area contributed by atoms with Gasteiger partial charge in [-0.05, 0) is 41.5 Å². The van der Waals surface area contributed by atoms with Gasteiger partial charge in [-0.2, -0.15) is 0 Å². The molecule has 166 valence electrons. The molecule has 3 aromatic carbocycles. The Morgan fingerprint density at radius 1 is 0.879 bits per heavy atom. The van der Waals surface area contributed by atoms with Crippen LogP contribution in [0.1, 0.15) is 18.1 Å². The quantitative estimate of drug-likeness (QED) is 0.223. The molecular weight excluding hydrogens is 418 g/mol. The molecule has 0 bridgehead atoms. The molecule has 0 aliphatic rings. The van der Waals surface area contributed by atoms with E-state index in [-0.39, 0.29) is 5.75 Å². The van der Waals surface area contributed by atoms with Gasteiger partial charge in [0.25, 0.3) is 0 Å². The molecule has 0 unspecified atom stereocenters. The number of rotatable bonds is 7. The van der Waals surface area contributed by atoms with Crippen LogP contribution >= 0.6 is 0 Å². The average Bonchev–Trinajstić information content (AvgIpc) is 3.22.